The Balaban J connectivity index is 1.91. The zero-order valence-electron chi connectivity index (χ0n) is 9.63. The lowest BCUT2D eigenvalue weighted by molar-refractivity contribution is 0.412. The maximum Gasteiger partial charge on any atom is 0.133 e. The highest BCUT2D eigenvalue weighted by atomic mass is 79.9. The number of methoxy groups -OCH3 is 1. The van der Waals surface area contributed by atoms with Gasteiger partial charge < -0.3 is 10.1 Å². The van der Waals surface area contributed by atoms with E-state index in [0.717, 1.165) is 22.7 Å². The minimum Gasteiger partial charge on any atom is -0.496 e. The largest absolute Gasteiger partial charge is 0.496 e. The first-order chi connectivity index (χ1) is 7.79. The molecule has 1 fully saturated rings. The van der Waals surface area contributed by atoms with Crippen LogP contribution >= 0.6 is 15.9 Å². The smallest absolute Gasteiger partial charge is 0.133 e. The van der Waals surface area contributed by atoms with Crippen LogP contribution in [0.25, 0.3) is 0 Å². The fraction of sp³-hybridized carbons (Fsp3) is 0.538. The Labute approximate surface area is 106 Å². The zero-order chi connectivity index (χ0) is 11.4. The van der Waals surface area contributed by atoms with Gasteiger partial charge in [-0.1, -0.05) is 12.8 Å². The first-order valence-electron chi connectivity index (χ1n) is 5.87. The highest BCUT2D eigenvalue weighted by Crippen LogP contribution is 2.29. The Kier molecular flexibility index (Phi) is 4.10. The van der Waals surface area contributed by atoms with E-state index in [1.165, 1.54) is 31.4 Å². The third-order valence-corrected chi connectivity index (χ3v) is 3.84. The van der Waals surface area contributed by atoms with Crippen LogP contribution in [0, 0.1) is 5.92 Å². The second-order valence-electron chi connectivity index (χ2n) is 4.38. The van der Waals surface area contributed by atoms with Crippen LogP contribution in [-0.4, -0.2) is 13.7 Å². The molecule has 0 heterocycles. The molecule has 1 aliphatic carbocycles. The molecule has 1 saturated carbocycles. The van der Waals surface area contributed by atoms with Gasteiger partial charge in [0, 0.05) is 12.2 Å². The van der Waals surface area contributed by atoms with E-state index in [4.69, 9.17) is 4.74 Å². The number of nitrogens with one attached hydrogen (secondary N) is 1. The van der Waals surface area contributed by atoms with Gasteiger partial charge in [-0.05, 0) is 52.9 Å². The number of anilines is 1. The van der Waals surface area contributed by atoms with Gasteiger partial charge in [-0.3, -0.25) is 0 Å². The van der Waals surface area contributed by atoms with Gasteiger partial charge in [0.05, 0.1) is 11.6 Å². The number of benzene rings is 1. The molecule has 0 atom stereocenters. The fourth-order valence-electron chi connectivity index (χ4n) is 2.25. The van der Waals surface area contributed by atoms with Gasteiger partial charge in [0.25, 0.3) is 0 Å². The Morgan fingerprint density at radius 2 is 2.12 bits per heavy atom. The molecule has 0 bridgehead atoms. The van der Waals surface area contributed by atoms with Crippen LogP contribution in [0.4, 0.5) is 5.69 Å². The molecule has 0 radical (unpaired) electrons. The molecule has 16 heavy (non-hydrogen) atoms. The average molecular weight is 284 g/mol. The van der Waals surface area contributed by atoms with Gasteiger partial charge in [-0.25, -0.2) is 0 Å². The van der Waals surface area contributed by atoms with E-state index in [1.54, 1.807) is 7.11 Å². The van der Waals surface area contributed by atoms with Crippen molar-refractivity contribution in [2.45, 2.75) is 25.7 Å². The SMILES string of the molecule is COc1ccc(NCC2CCCC2)cc1Br. The van der Waals surface area contributed by atoms with Crippen molar-refractivity contribution in [2.24, 2.45) is 5.92 Å². The summed E-state index contributed by atoms with van der Waals surface area (Å²) in [5.74, 6) is 1.74. The van der Waals surface area contributed by atoms with Crippen molar-refractivity contribution in [2.75, 3.05) is 19.0 Å². The molecule has 0 aliphatic heterocycles. The van der Waals surface area contributed by atoms with Gasteiger partial charge in [0.15, 0.2) is 0 Å². The van der Waals surface area contributed by atoms with Crippen molar-refractivity contribution in [3.05, 3.63) is 22.7 Å². The molecule has 2 nitrogen and oxygen atoms in total. The summed E-state index contributed by atoms with van der Waals surface area (Å²) >= 11 is 3.50. The normalized spacial score (nSPS) is 16.4. The first-order valence-corrected chi connectivity index (χ1v) is 6.66. The lowest BCUT2D eigenvalue weighted by Crippen LogP contribution is -2.10. The molecule has 1 aliphatic rings. The van der Waals surface area contributed by atoms with Crippen LogP contribution in [0.2, 0.25) is 0 Å². The monoisotopic (exact) mass is 283 g/mol. The maximum atomic E-state index is 5.20. The van der Waals surface area contributed by atoms with Crippen LogP contribution in [-0.2, 0) is 0 Å². The van der Waals surface area contributed by atoms with Crippen molar-refractivity contribution in [3.63, 3.8) is 0 Å². The maximum absolute atomic E-state index is 5.20. The highest BCUT2D eigenvalue weighted by molar-refractivity contribution is 9.10. The topological polar surface area (TPSA) is 21.3 Å². The highest BCUT2D eigenvalue weighted by Gasteiger charge is 2.14. The number of halogens is 1. The molecule has 0 spiro atoms. The Bertz CT molecular complexity index is 348. The first kappa shape index (κ1) is 11.8. The van der Waals surface area contributed by atoms with E-state index in [2.05, 4.69) is 33.4 Å². The minimum absolute atomic E-state index is 0.862. The van der Waals surface area contributed by atoms with Crippen molar-refractivity contribution in [3.8, 4) is 5.75 Å². The second kappa shape index (κ2) is 5.58. The zero-order valence-corrected chi connectivity index (χ0v) is 11.2. The van der Waals surface area contributed by atoms with Gasteiger partial charge in [0.2, 0.25) is 0 Å². The number of ether oxygens (including phenoxy) is 1. The molecule has 3 heteroatoms. The summed E-state index contributed by atoms with van der Waals surface area (Å²) in [4.78, 5) is 0. The number of rotatable bonds is 4. The summed E-state index contributed by atoms with van der Waals surface area (Å²) in [6.07, 6.45) is 5.56. The van der Waals surface area contributed by atoms with Gasteiger partial charge in [-0.15, -0.1) is 0 Å². The van der Waals surface area contributed by atoms with E-state index in [-0.39, 0.29) is 0 Å². The average Bonchev–Trinajstić information content (AvgIpc) is 2.79. The molecule has 1 aromatic carbocycles. The summed E-state index contributed by atoms with van der Waals surface area (Å²) in [6.45, 7) is 1.10. The van der Waals surface area contributed by atoms with Gasteiger partial charge >= 0.3 is 0 Å². The van der Waals surface area contributed by atoms with Gasteiger partial charge in [-0.2, -0.15) is 0 Å². The Morgan fingerprint density at radius 3 is 2.75 bits per heavy atom. The Morgan fingerprint density at radius 1 is 1.38 bits per heavy atom. The lowest BCUT2D eigenvalue weighted by Gasteiger charge is -2.12. The Hall–Kier alpha value is -0.700. The fourth-order valence-corrected chi connectivity index (χ4v) is 2.79. The summed E-state index contributed by atoms with van der Waals surface area (Å²) < 4.78 is 6.21. The van der Waals surface area contributed by atoms with Crippen LogP contribution in [0.5, 0.6) is 5.75 Å². The van der Waals surface area contributed by atoms with Crippen molar-refractivity contribution in [1.29, 1.82) is 0 Å². The van der Waals surface area contributed by atoms with Crippen LogP contribution in [0.1, 0.15) is 25.7 Å². The van der Waals surface area contributed by atoms with E-state index in [0.29, 0.717) is 0 Å². The van der Waals surface area contributed by atoms with Crippen molar-refractivity contribution < 1.29 is 4.74 Å². The number of hydrogen-bond acceptors (Lipinski definition) is 2. The van der Waals surface area contributed by atoms with Crippen molar-refractivity contribution in [1.82, 2.24) is 0 Å². The third kappa shape index (κ3) is 2.91. The van der Waals surface area contributed by atoms with Crippen LogP contribution < -0.4 is 10.1 Å². The molecule has 0 aromatic heterocycles. The molecule has 0 amide bonds. The second-order valence-corrected chi connectivity index (χ2v) is 5.24. The summed E-state index contributed by atoms with van der Waals surface area (Å²) in [5, 5.41) is 3.49. The molecule has 1 N–H and O–H groups in total. The van der Waals surface area contributed by atoms with E-state index >= 15 is 0 Å². The predicted octanol–water partition coefficient (Wildman–Crippen LogP) is 4.06. The van der Waals surface area contributed by atoms with Gasteiger partial charge in [0.1, 0.15) is 5.75 Å². The van der Waals surface area contributed by atoms with E-state index in [9.17, 15) is 0 Å². The summed E-state index contributed by atoms with van der Waals surface area (Å²) in [5.41, 5.74) is 1.17. The van der Waals surface area contributed by atoms with Crippen LogP contribution in [0.15, 0.2) is 22.7 Å². The summed E-state index contributed by atoms with van der Waals surface area (Å²) in [7, 11) is 1.69. The molecule has 0 saturated heterocycles. The lowest BCUT2D eigenvalue weighted by atomic mass is 10.1. The summed E-state index contributed by atoms with van der Waals surface area (Å²) in [6, 6.07) is 6.13. The molecular weight excluding hydrogens is 266 g/mol. The predicted molar refractivity (Wildman–Crippen MR) is 71.1 cm³/mol. The van der Waals surface area contributed by atoms with E-state index in [1.807, 2.05) is 6.07 Å². The molecule has 1 aromatic rings. The minimum atomic E-state index is 0.862. The molecule has 2 rings (SSSR count). The van der Waals surface area contributed by atoms with Crippen molar-refractivity contribution >= 4 is 21.6 Å². The molecule has 0 unspecified atom stereocenters. The number of hydrogen-bond donors (Lipinski definition) is 1. The quantitative estimate of drug-likeness (QED) is 0.900. The third-order valence-electron chi connectivity index (χ3n) is 3.22. The molecular formula is C13H18BrNO. The van der Waals surface area contributed by atoms with Crippen LogP contribution in [0.3, 0.4) is 0 Å². The standard InChI is InChI=1S/C13H18BrNO/c1-16-13-7-6-11(8-12(13)14)15-9-10-4-2-3-5-10/h6-8,10,15H,2-5,9H2,1H3. The molecule has 88 valence electrons. The van der Waals surface area contributed by atoms with E-state index < -0.39 is 0 Å².